The fourth-order valence-electron chi connectivity index (χ4n) is 4.37. The molecule has 1 atom stereocenters. The number of piperidine rings is 1. The van der Waals surface area contributed by atoms with Crippen molar-refractivity contribution < 1.29 is 4.79 Å². The number of rotatable bonds is 5. The molecule has 0 aliphatic carbocycles. The molecule has 3 heterocycles. The molecule has 2 saturated heterocycles. The molecular weight excluding hydrogens is 326 g/mol. The third-order valence-corrected chi connectivity index (χ3v) is 5.86. The molecule has 1 N–H and O–H groups in total. The monoisotopic (exact) mass is 353 g/mol. The maximum atomic E-state index is 12.5. The number of nitrogens with zero attached hydrogens (tertiary/aromatic N) is 2. The highest BCUT2D eigenvalue weighted by Crippen LogP contribution is 2.23. The Balaban J connectivity index is 1.47. The summed E-state index contributed by atoms with van der Waals surface area (Å²) in [6.45, 7) is 3.49. The third kappa shape index (κ3) is 3.68. The molecule has 0 spiro atoms. The zero-order valence-electron chi connectivity index (χ0n) is 15.2. The van der Waals surface area contributed by atoms with Crippen LogP contribution < -0.4 is 5.56 Å². The van der Waals surface area contributed by atoms with Crippen molar-refractivity contribution in [2.45, 2.75) is 51.1 Å². The van der Waals surface area contributed by atoms with Gasteiger partial charge >= 0.3 is 0 Å². The van der Waals surface area contributed by atoms with Gasteiger partial charge in [-0.25, -0.2) is 0 Å². The van der Waals surface area contributed by atoms with Crippen LogP contribution in [0.3, 0.4) is 0 Å². The van der Waals surface area contributed by atoms with Crippen molar-refractivity contribution in [1.29, 1.82) is 0 Å². The van der Waals surface area contributed by atoms with Gasteiger partial charge in [-0.2, -0.15) is 0 Å². The van der Waals surface area contributed by atoms with Gasteiger partial charge in [0, 0.05) is 43.2 Å². The van der Waals surface area contributed by atoms with Gasteiger partial charge in [-0.05, 0) is 49.7 Å². The highest BCUT2D eigenvalue weighted by molar-refractivity contribution is 5.78. The van der Waals surface area contributed by atoms with Crippen LogP contribution in [0.15, 0.2) is 35.1 Å². The number of nitrogens with one attached hydrogen (secondary N) is 1. The number of pyridine rings is 1. The number of carbonyl (C=O) groups is 1. The number of carbonyl (C=O) groups excluding carboxylic acids is 1. The second-order valence-electron chi connectivity index (χ2n) is 7.60. The molecule has 2 aliphatic heterocycles. The minimum Gasteiger partial charge on any atom is -0.343 e. The standard InChI is InChI=1S/C21H27N3O2/c25-20-9-5-12-23(20)13-10-18-7-3-4-11-24(18)15-17-14-16-6-1-2-8-19(16)22-21(17)26/h1-2,6,8,14,18H,3-5,7,9-13,15H2,(H,22,26)/t18-/m1/s1. The number of fused-ring (bicyclic) bond motifs is 1. The Morgan fingerprint density at radius 2 is 1.96 bits per heavy atom. The Kier molecular flexibility index (Phi) is 5.07. The molecule has 0 bridgehead atoms. The molecule has 1 aromatic carbocycles. The summed E-state index contributed by atoms with van der Waals surface area (Å²) in [5.74, 6) is 0.304. The fourth-order valence-corrected chi connectivity index (χ4v) is 4.37. The number of H-pyrrole nitrogens is 1. The van der Waals surface area contributed by atoms with E-state index < -0.39 is 0 Å². The van der Waals surface area contributed by atoms with Crippen LogP contribution in [-0.4, -0.2) is 46.4 Å². The van der Waals surface area contributed by atoms with Crippen LogP contribution in [0.5, 0.6) is 0 Å². The van der Waals surface area contributed by atoms with E-state index in [1.54, 1.807) is 0 Å². The van der Waals surface area contributed by atoms with Crippen LogP contribution in [0.2, 0.25) is 0 Å². The van der Waals surface area contributed by atoms with Gasteiger partial charge in [0.1, 0.15) is 0 Å². The molecular formula is C21H27N3O2. The van der Waals surface area contributed by atoms with Crippen LogP contribution in [0.4, 0.5) is 0 Å². The Hall–Kier alpha value is -2.14. The van der Waals surface area contributed by atoms with Gasteiger partial charge in [0.05, 0.1) is 0 Å². The molecule has 5 nitrogen and oxygen atoms in total. The number of aromatic amines is 1. The quantitative estimate of drug-likeness (QED) is 0.899. The number of aromatic nitrogens is 1. The smallest absolute Gasteiger partial charge is 0.252 e. The van der Waals surface area contributed by atoms with Crippen molar-refractivity contribution in [3.05, 3.63) is 46.2 Å². The van der Waals surface area contributed by atoms with Crippen molar-refractivity contribution >= 4 is 16.8 Å². The van der Waals surface area contributed by atoms with E-state index in [-0.39, 0.29) is 5.56 Å². The van der Waals surface area contributed by atoms with E-state index in [1.807, 2.05) is 35.2 Å². The average molecular weight is 353 g/mol. The molecule has 26 heavy (non-hydrogen) atoms. The minimum absolute atomic E-state index is 0.0164. The molecule has 2 aliphatic rings. The number of para-hydroxylation sites is 1. The van der Waals surface area contributed by atoms with Crippen LogP contribution in [0.25, 0.3) is 10.9 Å². The van der Waals surface area contributed by atoms with Crippen molar-refractivity contribution in [3.63, 3.8) is 0 Å². The first-order valence-electron chi connectivity index (χ1n) is 9.83. The molecule has 5 heteroatoms. The topological polar surface area (TPSA) is 56.4 Å². The summed E-state index contributed by atoms with van der Waals surface area (Å²) in [7, 11) is 0. The van der Waals surface area contributed by atoms with Gasteiger partial charge in [-0.1, -0.05) is 24.6 Å². The zero-order valence-corrected chi connectivity index (χ0v) is 15.2. The van der Waals surface area contributed by atoms with Crippen molar-refractivity contribution in [1.82, 2.24) is 14.8 Å². The summed E-state index contributed by atoms with van der Waals surface area (Å²) in [5.41, 5.74) is 1.75. The molecule has 2 aromatic rings. The van der Waals surface area contributed by atoms with E-state index in [0.29, 0.717) is 24.9 Å². The Labute approximate surface area is 154 Å². The molecule has 1 amide bonds. The summed E-state index contributed by atoms with van der Waals surface area (Å²) in [6, 6.07) is 10.4. The lowest BCUT2D eigenvalue weighted by molar-refractivity contribution is -0.127. The maximum Gasteiger partial charge on any atom is 0.252 e. The van der Waals surface area contributed by atoms with Crippen molar-refractivity contribution in [2.75, 3.05) is 19.6 Å². The lowest BCUT2D eigenvalue weighted by Gasteiger charge is -2.36. The van der Waals surface area contributed by atoms with E-state index in [9.17, 15) is 9.59 Å². The number of hydrogen-bond acceptors (Lipinski definition) is 3. The first-order chi connectivity index (χ1) is 12.7. The fraction of sp³-hybridized carbons (Fsp3) is 0.524. The summed E-state index contributed by atoms with van der Waals surface area (Å²) >= 11 is 0. The van der Waals surface area contributed by atoms with E-state index in [1.165, 1.54) is 12.8 Å². The maximum absolute atomic E-state index is 12.5. The molecule has 0 saturated carbocycles. The Morgan fingerprint density at radius 3 is 2.81 bits per heavy atom. The molecule has 138 valence electrons. The number of amides is 1. The lowest BCUT2D eigenvalue weighted by Crippen LogP contribution is -2.42. The first-order valence-corrected chi connectivity index (χ1v) is 9.83. The van der Waals surface area contributed by atoms with Crippen molar-refractivity contribution in [2.24, 2.45) is 0 Å². The van der Waals surface area contributed by atoms with Gasteiger partial charge in [0.2, 0.25) is 5.91 Å². The second-order valence-corrected chi connectivity index (χ2v) is 7.60. The SMILES string of the molecule is O=C1CCCN1CC[C@H]1CCCCN1Cc1cc2ccccc2[nH]c1=O. The number of likely N-dealkylation sites (tertiary alicyclic amines) is 2. The molecule has 0 unspecified atom stereocenters. The van der Waals surface area contributed by atoms with Gasteiger partial charge in [0.15, 0.2) is 0 Å². The summed E-state index contributed by atoms with van der Waals surface area (Å²) in [4.78, 5) is 31.8. The molecule has 0 radical (unpaired) electrons. The lowest BCUT2D eigenvalue weighted by atomic mass is 9.98. The molecule has 4 rings (SSSR count). The highest BCUT2D eigenvalue weighted by Gasteiger charge is 2.26. The van der Waals surface area contributed by atoms with Crippen molar-refractivity contribution in [3.8, 4) is 0 Å². The van der Waals surface area contributed by atoms with Gasteiger partial charge in [-0.15, -0.1) is 0 Å². The van der Waals surface area contributed by atoms with Gasteiger partial charge in [0.25, 0.3) is 5.56 Å². The second kappa shape index (κ2) is 7.62. The minimum atomic E-state index is 0.0164. The first kappa shape index (κ1) is 17.3. The van der Waals surface area contributed by atoms with E-state index in [0.717, 1.165) is 55.4 Å². The average Bonchev–Trinajstić information content (AvgIpc) is 3.06. The number of benzene rings is 1. The predicted octanol–water partition coefficient (Wildman–Crippen LogP) is 2.90. The highest BCUT2D eigenvalue weighted by atomic mass is 16.2. The van der Waals surface area contributed by atoms with Crippen LogP contribution in [-0.2, 0) is 11.3 Å². The normalized spacial score (nSPS) is 21.6. The largest absolute Gasteiger partial charge is 0.343 e. The van der Waals surface area contributed by atoms with Crippen LogP contribution >= 0.6 is 0 Å². The van der Waals surface area contributed by atoms with Gasteiger partial charge in [-0.3, -0.25) is 14.5 Å². The zero-order chi connectivity index (χ0) is 17.9. The summed E-state index contributed by atoms with van der Waals surface area (Å²) < 4.78 is 0. The molecule has 1 aromatic heterocycles. The van der Waals surface area contributed by atoms with Crippen LogP contribution in [0, 0.1) is 0 Å². The van der Waals surface area contributed by atoms with E-state index in [4.69, 9.17) is 0 Å². The number of hydrogen-bond donors (Lipinski definition) is 1. The Bertz CT molecular complexity index is 845. The summed E-state index contributed by atoms with van der Waals surface area (Å²) in [6.07, 6.45) is 6.30. The van der Waals surface area contributed by atoms with Crippen LogP contribution in [0.1, 0.15) is 44.1 Å². The van der Waals surface area contributed by atoms with E-state index >= 15 is 0 Å². The Morgan fingerprint density at radius 1 is 1.08 bits per heavy atom. The van der Waals surface area contributed by atoms with E-state index in [2.05, 4.69) is 9.88 Å². The summed E-state index contributed by atoms with van der Waals surface area (Å²) in [5, 5.41) is 1.08. The molecule has 2 fully saturated rings. The van der Waals surface area contributed by atoms with Gasteiger partial charge < -0.3 is 9.88 Å². The predicted molar refractivity (Wildman–Crippen MR) is 103 cm³/mol. The third-order valence-electron chi connectivity index (χ3n) is 5.86.